The molecule has 0 unspecified atom stereocenters. The Morgan fingerprint density at radius 1 is 1.39 bits per heavy atom. The molecule has 0 bridgehead atoms. The topological polar surface area (TPSA) is 51.4 Å². The second-order valence-corrected chi connectivity index (χ2v) is 5.31. The highest BCUT2D eigenvalue weighted by Gasteiger charge is 2.33. The zero-order valence-electron chi connectivity index (χ0n) is 11.0. The van der Waals surface area contributed by atoms with E-state index in [4.69, 9.17) is 9.26 Å². The zero-order chi connectivity index (χ0) is 12.4. The fourth-order valence-corrected chi connectivity index (χ4v) is 2.68. The molecule has 2 aliphatic rings. The molecule has 0 aromatic carbocycles. The van der Waals surface area contributed by atoms with E-state index in [2.05, 4.69) is 15.0 Å². The lowest BCUT2D eigenvalue weighted by molar-refractivity contribution is 0.165. The van der Waals surface area contributed by atoms with E-state index in [9.17, 15) is 0 Å². The van der Waals surface area contributed by atoms with Gasteiger partial charge in [-0.05, 0) is 38.6 Å². The minimum atomic E-state index is 0.359. The number of hydrogen-bond donors (Lipinski definition) is 0. The molecule has 1 saturated carbocycles. The summed E-state index contributed by atoms with van der Waals surface area (Å²) in [7, 11) is 1.75. The Bertz CT molecular complexity index is 389. The summed E-state index contributed by atoms with van der Waals surface area (Å²) in [4.78, 5) is 7.04. The van der Waals surface area contributed by atoms with Gasteiger partial charge in [0.05, 0.1) is 6.04 Å². The maximum absolute atomic E-state index is 5.36. The lowest BCUT2D eigenvalue weighted by atomic mass is 10.2. The van der Waals surface area contributed by atoms with Crippen LogP contribution in [0, 0.1) is 0 Å². The fraction of sp³-hybridized carbons (Fsp3) is 0.846. The maximum atomic E-state index is 5.36. The third-order valence-corrected chi connectivity index (χ3v) is 3.84. The van der Waals surface area contributed by atoms with Gasteiger partial charge < -0.3 is 9.26 Å². The van der Waals surface area contributed by atoms with Crippen LogP contribution in [0.2, 0.25) is 0 Å². The van der Waals surface area contributed by atoms with Crippen LogP contribution in [0.15, 0.2) is 4.52 Å². The zero-order valence-corrected chi connectivity index (χ0v) is 11.0. The van der Waals surface area contributed by atoms with Crippen molar-refractivity contribution in [2.75, 3.05) is 26.8 Å². The van der Waals surface area contributed by atoms with Gasteiger partial charge in [-0.25, -0.2) is 0 Å². The van der Waals surface area contributed by atoms with Gasteiger partial charge in [0.25, 0.3) is 0 Å². The first-order valence-electron chi connectivity index (χ1n) is 6.95. The molecule has 1 atom stereocenters. The summed E-state index contributed by atoms with van der Waals surface area (Å²) in [6.07, 6.45) is 5.87. The summed E-state index contributed by atoms with van der Waals surface area (Å²) in [6, 6.07) is 0.359. The normalized spacial score (nSPS) is 24.8. The predicted octanol–water partition coefficient (Wildman–Crippen LogP) is 2.12. The average Bonchev–Trinajstić information content (AvgIpc) is 2.93. The van der Waals surface area contributed by atoms with E-state index in [1.54, 1.807) is 7.11 Å². The third-order valence-electron chi connectivity index (χ3n) is 3.84. The molecule has 1 aromatic heterocycles. The minimum absolute atomic E-state index is 0.359. The molecule has 3 rings (SSSR count). The lowest BCUT2D eigenvalue weighted by Gasteiger charge is -2.21. The van der Waals surface area contributed by atoms with Crippen molar-refractivity contribution in [1.82, 2.24) is 15.0 Å². The summed E-state index contributed by atoms with van der Waals surface area (Å²) >= 11 is 0. The van der Waals surface area contributed by atoms with Crippen LogP contribution >= 0.6 is 0 Å². The third kappa shape index (κ3) is 2.57. The Balaban J connectivity index is 1.61. The molecule has 2 heterocycles. The molecule has 5 nitrogen and oxygen atoms in total. The highest BCUT2D eigenvalue weighted by Crippen LogP contribution is 2.40. The van der Waals surface area contributed by atoms with Gasteiger partial charge in [0.15, 0.2) is 5.82 Å². The molecule has 5 heteroatoms. The largest absolute Gasteiger partial charge is 0.385 e. The minimum Gasteiger partial charge on any atom is -0.385 e. The Labute approximate surface area is 107 Å². The summed E-state index contributed by atoms with van der Waals surface area (Å²) < 4.78 is 10.5. The number of rotatable bonds is 6. The van der Waals surface area contributed by atoms with E-state index in [-0.39, 0.29) is 0 Å². The van der Waals surface area contributed by atoms with Gasteiger partial charge >= 0.3 is 0 Å². The van der Waals surface area contributed by atoms with Crippen molar-refractivity contribution in [2.24, 2.45) is 0 Å². The van der Waals surface area contributed by atoms with Crippen molar-refractivity contribution in [3.8, 4) is 0 Å². The first-order valence-corrected chi connectivity index (χ1v) is 6.95. The molecule has 1 saturated heterocycles. The van der Waals surface area contributed by atoms with Crippen molar-refractivity contribution in [1.29, 1.82) is 0 Å². The van der Waals surface area contributed by atoms with Gasteiger partial charge in [-0.15, -0.1) is 0 Å². The molecule has 0 amide bonds. The molecule has 0 radical (unpaired) electrons. The van der Waals surface area contributed by atoms with Crippen LogP contribution in [0.3, 0.4) is 0 Å². The molecular formula is C13H21N3O2. The van der Waals surface area contributed by atoms with Gasteiger partial charge in [0.2, 0.25) is 5.89 Å². The van der Waals surface area contributed by atoms with Crippen LogP contribution in [0.1, 0.15) is 55.8 Å². The number of likely N-dealkylation sites (tertiary alicyclic amines) is 1. The summed E-state index contributed by atoms with van der Waals surface area (Å²) in [6.45, 7) is 3.02. The molecule has 100 valence electrons. The Hall–Kier alpha value is -0.940. The van der Waals surface area contributed by atoms with E-state index < -0.39 is 0 Å². The van der Waals surface area contributed by atoms with Crippen molar-refractivity contribution in [3.05, 3.63) is 11.7 Å². The second-order valence-electron chi connectivity index (χ2n) is 5.31. The summed E-state index contributed by atoms with van der Waals surface area (Å²) in [5, 5.41) is 4.18. The maximum Gasteiger partial charge on any atom is 0.229 e. The summed E-state index contributed by atoms with van der Waals surface area (Å²) in [5.74, 6) is 2.30. The average molecular weight is 251 g/mol. The Kier molecular flexibility index (Phi) is 3.61. The number of hydrogen-bond acceptors (Lipinski definition) is 5. The van der Waals surface area contributed by atoms with Gasteiger partial charge in [-0.1, -0.05) is 5.16 Å². The molecule has 1 aromatic rings. The molecule has 2 fully saturated rings. The number of aromatic nitrogens is 2. The number of ether oxygens (including phenoxy) is 1. The smallest absolute Gasteiger partial charge is 0.229 e. The van der Waals surface area contributed by atoms with E-state index in [1.165, 1.54) is 19.3 Å². The second kappa shape index (κ2) is 5.36. The molecule has 0 spiro atoms. The van der Waals surface area contributed by atoms with Gasteiger partial charge in [-0.3, -0.25) is 4.90 Å². The van der Waals surface area contributed by atoms with Crippen LogP contribution in [0.5, 0.6) is 0 Å². The number of methoxy groups -OCH3 is 1. The predicted molar refractivity (Wildman–Crippen MR) is 66.3 cm³/mol. The van der Waals surface area contributed by atoms with Crippen LogP contribution < -0.4 is 0 Å². The fourth-order valence-electron chi connectivity index (χ4n) is 2.68. The molecule has 1 aliphatic heterocycles. The van der Waals surface area contributed by atoms with Gasteiger partial charge in [0.1, 0.15) is 0 Å². The standard InChI is InChI=1S/C13H21N3O2/c1-17-9-3-8-16-7-2-4-11(16)12-14-13(18-15-12)10-5-6-10/h10-11H,2-9H2,1H3/t11-/m1/s1. The van der Waals surface area contributed by atoms with E-state index in [0.29, 0.717) is 12.0 Å². The van der Waals surface area contributed by atoms with Crippen molar-refractivity contribution in [2.45, 2.75) is 44.1 Å². The molecular weight excluding hydrogens is 230 g/mol. The van der Waals surface area contributed by atoms with Gasteiger partial charge in [-0.2, -0.15) is 4.98 Å². The molecule has 1 aliphatic carbocycles. The van der Waals surface area contributed by atoms with Crippen LogP contribution in [-0.4, -0.2) is 41.8 Å². The van der Waals surface area contributed by atoms with Crippen molar-refractivity contribution >= 4 is 0 Å². The van der Waals surface area contributed by atoms with Gasteiger partial charge in [0, 0.05) is 26.2 Å². The van der Waals surface area contributed by atoms with Crippen molar-refractivity contribution in [3.63, 3.8) is 0 Å². The molecule has 18 heavy (non-hydrogen) atoms. The van der Waals surface area contributed by atoms with E-state index >= 15 is 0 Å². The highest BCUT2D eigenvalue weighted by molar-refractivity contribution is 5.05. The number of nitrogens with zero attached hydrogens (tertiary/aromatic N) is 3. The van der Waals surface area contributed by atoms with Crippen LogP contribution in [0.4, 0.5) is 0 Å². The van der Waals surface area contributed by atoms with Crippen molar-refractivity contribution < 1.29 is 9.26 Å². The quantitative estimate of drug-likeness (QED) is 0.725. The van der Waals surface area contributed by atoms with E-state index in [0.717, 1.165) is 44.3 Å². The Morgan fingerprint density at radius 3 is 3.06 bits per heavy atom. The summed E-state index contributed by atoms with van der Waals surface area (Å²) in [5.41, 5.74) is 0. The molecule has 0 N–H and O–H groups in total. The first-order chi connectivity index (χ1) is 8.88. The first kappa shape index (κ1) is 12.1. The Morgan fingerprint density at radius 2 is 2.28 bits per heavy atom. The highest BCUT2D eigenvalue weighted by atomic mass is 16.5. The monoisotopic (exact) mass is 251 g/mol. The lowest BCUT2D eigenvalue weighted by Crippen LogP contribution is -2.26. The SMILES string of the molecule is COCCCN1CCC[C@@H]1c1noc(C2CC2)n1. The van der Waals surface area contributed by atoms with Crippen LogP contribution in [-0.2, 0) is 4.74 Å². The van der Waals surface area contributed by atoms with E-state index in [1.807, 2.05) is 0 Å². The van der Waals surface area contributed by atoms with Crippen LogP contribution in [0.25, 0.3) is 0 Å².